The molecule has 0 spiro atoms. The third-order valence-electron chi connectivity index (χ3n) is 5.04. The van der Waals surface area contributed by atoms with E-state index < -0.39 is 7.04 Å². The number of nitrogens with one attached hydrogen (secondary N) is 1. The lowest BCUT2D eigenvalue weighted by molar-refractivity contribution is -0.121. The number of ether oxygens (including phenoxy) is 1. The summed E-state index contributed by atoms with van der Waals surface area (Å²) in [5.74, 6) is -0.792. The molecule has 0 bridgehead atoms. The lowest BCUT2D eigenvalue weighted by Crippen LogP contribution is -2.32. The number of likely N-dealkylation sites (tertiary alicyclic amines) is 1. The molecule has 156 valence electrons. The number of benzene rings is 1. The molecule has 2 aliphatic heterocycles. The molecule has 30 heavy (non-hydrogen) atoms. The normalized spacial score (nSPS) is 20.7. The highest BCUT2D eigenvalue weighted by atomic mass is 35.5. The monoisotopic (exact) mass is 432 g/mol. The number of aromatic nitrogens is 2. The van der Waals surface area contributed by atoms with Gasteiger partial charge < -0.3 is 15.0 Å². The molecule has 2 fully saturated rings. The molecule has 3 heterocycles. The molecule has 9 nitrogen and oxygen atoms in total. The first-order valence-corrected chi connectivity index (χ1v) is 9.72. The van der Waals surface area contributed by atoms with Crippen LogP contribution in [0.4, 0.5) is 11.6 Å². The third kappa shape index (κ3) is 3.93. The van der Waals surface area contributed by atoms with Crippen LogP contribution in [0, 0.1) is 0 Å². The second-order valence-corrected chi connectivity index (χ2v) is 7.41. The average molecular weight is 433 g/mol. The van der Waals surface area contributed by atoms with Gasteiger partial charge in [0.05, 0.1) is 23.0 Å². The Kier molecular flexibility index (Phi) is 4.57. The predicted molar refractivity (Wildman–Crippen MR) is 110 cm³/mol. The minimum Gasteiger partial charge on any atom is -0.480 e. The number of carbonyl (C=O) groups excluding carboxylic acids is 3. The Hall–Kier alpha value is -3.20. The van der Waals surface area contributed by atoms with E-state index in [1.54, 1.807) is 29.2 Å². The smallest absolute Gasteiger partial charge is 0.253 e. The fourth-order valence-corrected chi connectivity index (χ4v) is 3.67. The van der Waals surface area contributed by atoms with Crippen molar-refractivity contribution in [3.05, 3.63) is 41.0 Å². The molecule has 2 aromatic rings. The SMILES string of the molecule is [2H]C([2H])([2H])Oc1nc(NC2CCN(C(=O)c3ccc(N4C(=O)CCC4=O)cc3)C2)ncc1Cl. The van der Waals surface area contributed by atoms with E-state index in [-0.39, 0.29) is 53.5 Å². The van der Waals surface area contributed by atoms with Gasteiger partial charge in [-0.1, -0.05) is 11.6 Å². The number of imide groups is 1. The second-order valence-electron chi connectivity index (χ2n) is 7.00. The zero-order chi connectivity index (χ0) is 23.8. The average Bonchev–Trinajstić information content (AvgIpc) is 3.35. The molecular weight excluding hydrogens is 410 g/mol. The molecule has 1 N–H and O–H groups in total. The summed E-state index contributed by atoms with van der Waals surface area (Å²) < 4.78 is 26.3. The molecule has 0 aliphatic carbocycles. The fraction of sp³-hybridized carbons (Fsp3) is 0.350. The molecule has 4 rings (SSSR count). The summed E-state index contributed by atoms with van der Waals surface area (Å²) >= 11 is 5.90. The molecule has 1 atom stereocenters. The minimum absolute atomic E-state index is 0.0271. The Bertz CT molecular complexity index is 1080. The van der Waals surface area contributed by atoms with Crippen LogP contribution in [0.3, 0.4) is 0 Å². The highest BCUT2D eigenvalue weighted by Gasteiger charge is 2.31. The van der Waals surface area contributed by atoms with Gasteiger partial charge in [-0.3, -0.25) is 19.3 Å². The molecule has 1 aromatic carbocycles. The summed E-state index contributed by atoms with van der Waals surface area (Å²) in [6, 6.07) is 6.22. The van der Waals surface area contributed by atoms with Gasteiger partial charge in [-0.05, 0) is 30.7 Å². The van der Waals surface area contributed by atoms with E-state index in [0.717, 1.165) is 4.90 Å². The third-order valence-corrected chi connectivity index (χ3v) is 5.30. The van der Waals surface area contributed by atoms with Gasteiger partial charge in [0, 0.05) is 37.5 Å². The van der Waals surface area contributed by atoms with E-state index >= 15 is 0 Å². The predicted octanol–water partition coefficient (Wildman–Crippen LogP) is 2.12. The topological polar surface area (TPSA) is 105 Å². The van der Waals surface area contributed by atoms with E-state index in [1.807, 2.05) is 0 Å². The van der Waals surface area contributed by atoms with Crippen molar-refractivity contribution in [2.45, 2.75) is 25.3 Å². The van der Waals surface area contributed by atoms with E-state index in [0.29, 0.717) is 30.8 Å². The van der Waals surface area contributed by atoms with Crippen molar-refractivity contribution in [2.75, 3.05) is 30.3 Å². The van der Waals surface area contributed by atoms with E-state index in [2.05, 4.69) is 15.3 Å². The van der Waals surface area contributed by atoms with Crippen LogP contribution in [0.15, 0.2) is 30.5 Å². The van der Waals surface area contributed by atoms with Crippen LogP contribution in [0.5, 0.6) is 5.88 Å². The maximum absolute atomic E-state index is 12.9. The van der Waals surface area contributed by atoms with E-state index in [4.69, 9.17) is 20.5 Å². The number of carbonyl (C=O) groups is 3. The van der Waals surface area contributed by atoms with Crippen LogP contribution in [-0.2, 0) is 9.59 Å². The molecule has 0 saturated carbocycles. The van der Waals surface area contributed by atoms with Gasteiger partial charge >= 0.3 is 0 Å². The summed E-state index contributed by atoms with van der Waals surface area (Å²) in [6.45, 7) is 0.874. The van der Waals surface area contributed by atoms with Crippen molar-refractivity contribution in [1.82, 2.24) is 14.9 Å². The van der Waals surface area contributed by atoms with Crippen LogP contribution in [0.25, 0.3) is 0 Å². The van der Waals surface area contributed by atoms with Crippen molar-refractivity contribution in [1.29, 1.82) is 0 Å². The number of hydrogen-bond donors (Lipinski definition) is 1. The number of halogens is 1. The first-order valence-electron chi connectivity index (χ1n) is 10.8. The van der Waals surface area contributed by atoms with Gasteiger partial charge in [0.25, 0.3) is 5.91 Å². The van der Waals surface area contributed by atoms with Crippen molar-refractivity contribution in [3.8, 4) is 5.88 Å². The van der Waals surface area contributed by atoms with Crippen LogP contribution < -0.4 is 15.0 Å². The van der Waals surface area contributed by atoms with Gasteiger partial charge in [0.15, 0.2) is 0 Å². The second kappa shape index (κ2) is 8.27. The quantitative estimate of drug-likeness (QED) is 0.721. The number of methoxy groups -OCH3 is 1. The largest absolute Gasteiger partial charge is 0.480 e. The highest BCUT2D eigenvalue weighted by Crippen LogP contribution is 2.25. The van der Waals surface area contributed by atoms with Crippen molar-refractivity contribution in [3.63, 3.8) is 0 Å². The number of hydrogen-bond acceptors (Lipinski definition) is 7. The zero-order valence-corrected chi connectivity index (χ0v) is 16.6. The Morgan fingerprint density at radius 2 is 2.00 bits per heavy atom. The van der Waals surface area contributed by atoms with Gasteiger partial charge in [-0.15, -0.1) is 0 Å². The highest BCUT2D eigenvalue weighted by molar-refractivity contribution is 6.31. The summed E-state index contributed by atoms with van der Waals surface area (Å²) in [5.41, 5.74) is 0.893. The molecule has 2 saturated heterocycles. The molecule has 1 unspecified atom stereocenters. The Balaban J connectivity index is 1.38. The standard InChI is InChI=1S/C20H20ClN5O4/c1-30-18-15(21)10-22-20(24-18)23-13-8-9-25(11-13)19(29)12-2-4-14(5-3-12)26-16(27)6-7-17(26)28/h2-5,10,13H,6-9,11H2,1H3,(H,22,23,24)/i1D3. The van der Waals surface area contributed by atoms with Crippen molar-refractivity contribution in [2.24, 2.45) is 0 Å². The number of nitrogens with zero attached hydrogens (tertiary/aromatic N) is 4. The molecule has 3 amide bonds. The summed E-state index contributed by atoms with van der Waals surface area (Å²) in [6.07, 6.45) is 2.26. The van der Waals surface area contributed by atoms with Gasteiger partial charge in [-0.2, -0.15) is 4.98 Å². The fourth-order valence-electron chi connectivity index (χ4n) is 3.54. The molecule has 1 aromatic heterocycles. The number of rotatable bonds is 5. The molecule has 10 heteroatoms. The van der Waals surface area contributed by atoms with Crippen LogP contribution in [-0.4, -0.2) is 58.8 Å². The molecule has 2 aliphatic rings. The molecule has 0 radical (unpaired) electrons. The minimum atomic E-state index is -2.70. The Morgan fingerprint density at radius 1 is 1.27 bits per heavy atom. The summed E-state index contributed by atoms with van der Waals surface area (Å²) in [4.78, 5) is 47.5. The Morgan fingerprint density at radius 3 is 2.70 bits per heavy atom. The zero-order valence-electron chi connectivity index (χ0n) is 18.8. The van der Waals surface area contributed by atoms with Gasteiger partial charge in [-0.25, -0.2) is 4.98 Å². The Labute approximate surface area is 182 Å². The van der Waals surface area contributed by atoms with Crippen LogP contribution in [0.2, 0.25) is 5.02 Å². The summed E-state index contributed by atoms with van der Waals surface area (Å²) in [7, 11) is -2.70. The van der Waals surface area contributed by atoms with Crippen molar-refractivity contribution < 1.29 is 23.2 Å². The first kappa shape index (κ1) is 16.6. The van der Waals surface area contributed by atoms with E-state index in [9.17, 15) is 14.4 Å². The van der Waals surface area contributed by atoms with Crippen LogP contribution in [0.1, 0.15) is 33.7 Å². The number of amides is 3. The number of anilines is 2. The van der Waals surface area contributed by atoms with Crippen molar-refractivity contribution >= 4 is 41.0 Å². The maximum atomic E-state index is 12.9. The van der Waals surface area contributed by atoms with E-state index in [1.165, 1.54) is 6.20 Å². The lowest BCUT2D eigenvalue weighted by Gasteiger charge is -2.18. The maximum Gasteiger partial charge on any atom is 0.253 e. The summed E-state index contributed by atoms with van der Waals surface area (Å²) in [5, 5.41) is 3.04. The lowest BCUT2D eigenvalue weighted by atomic mass is 10.1. The van der Waals surface area contributed by atoms with Gasteiger partial charge in [0.1, 0.15) is 5.02 Å². The van der Waals surface area contributed by atoms with Gasteiger partial charge in [0.2, 0.25) is 23.6 Å². The first-order chi connectivity index (χ1) is 15.6. The molecular formula is C20H20ClN5O4. The van der Waals surface area contributed by atoms with Crippen LogP contribution >= 0.6 is 11.6 Å².